The third kappa shape index (κ3) is 2.33. The quantitative estimate of drug-likeness (QED) is 0.815. The van der Waals surface area contributed by atoms with Gasteiger partial charge in [-0.2, -0.15) is 0 Å². The van der Waals surface area contributed by atoms with Crippen LogP contribution in [-0.4, -0.2) is 6.54 Å². The highest BCUT2D eigenvalue weighted by atomic mass is 15.0. The smallest absolute Gasteiger partial charge is 0.0406 e. The van der Waals surface area contributed by atoms with E-state index in [0.29, 0.717) is 0 Å². The van der Waals surface area contributed by atoms with Gasteiger partial charge in [0.25, 0.3) is 0 Å². The minimum atomic E-state index is 0.227. The van der Waals surface area contributed by atoms with E-state index in [1.54, 1.807) is 5.56 Å². The molecular weight excluding hydrogens is 218 g/mol. The van der Waals surface area contributed by atoms with Crippen molar-refractivity contribution >= 4 is 0 Å². The van der Waals surface area contributed by atoms with Crippen molar-refractivity contribution in [1.82, 2.24) is 5.32 Å². The van der Waals surface area contributed by atoms with Gasteiger partial charge in [-0.15, -0.1) is 0 Å². The fourth-order valence-electron chi connectivity index (χ4n) is 3.71. The molecule has 1 aromatic rings. The van der Waals surface area contributed by atoms with Crippen molar-refractivity contribution in [3.05, 3.63) is 35.4 Å². The average molecular weight is 243 g/mol. The van der Waals surface area contributed by atoms with Gasteiger partial charge in [0.05, 0.1) is 0 Å². The minimum Gasteiger partial charge on any atom is -0.308 e. The van der Waals surface area contributed by atoms with E-state index < -0.39 is 0 Å². The third-order valence-electron chi connectivity index (χ3n) is 4.97. The predicted molar refractivity (Wildman–Crippen MR) is 76.9 cm³/mol. The van der Waals surface area contributed by atoms with Gasteiger partial charge in [-0.3, -0.25) is 0 Å². The largest absolute Gasteiger partial charge is 0.308 e. The standard InChI is InChI=1S/C17H25N/c1-17(11-6-12-18-17)16-10-5-9-15(13-16)14-7-3-2-4-8-14/h5,9-10,13-14,18H,2-4,6-8,11-12H2,1H3. The first-order valence-corrected chi connectivity index (χ1v) is 7.63. The van der Waals surface area contributed by atoms with Gasteiger partial charge in [0.1, 0.15) is 0 Å². The van der Waals surface area contributed by atoms with Crippen molar-refractivity contribution in [3.8, 4) is 0 Å². The zero-order valence-electron chi connectivity index (χ0n) is 11.5. The molecule has 0 aromatic heterocycles. The summed E-state index contributed by atoms with van der Waals surface area (Å²) >= 11 is 0. The van der Waals surface area contributed by atoms with Crippen molar-refractivity contribution in [1.29, 1.82) is 0 Å². The lowest BCUT2D eigenvalue weighted by molar-refractivity contribution is 0.427. The van der Waals surface area contributed by atoms with E-state index in [1.807, 2.05) is 0 Å². The lowest BCUT2D eigenvalue weighted by Crippen LogP contribution is -2.33. The van der Waals surface area contributed by atoms with Crippen molar-refractivity contribution in [3.63, 3.8) is 0 Å². The topological polar surface area (TPSA) is 12.0 Å². The number of rotatable bonds is 2. The molecule has 0 amide bonds. The van der Waals surface area contributed by atoms with E-state index in [-0.39, 0.29) is 5.54 Å². The molecule has 2 fully saturated rings. The highest BCUT2D eigenvalue weighted by molar-refractivity contribution is 5.32. The molecule has 1 saturated heterocycles. The zero-order chi connectivity index (χ0) is 12.4. The molecule has 3 rings (SSSR count). The van der Waals surface area contributed by atoms with Crippen LogP contribution in [-0.2, 0) is 5.54 Å². The van der Waals surface area contributed by atoms with Crippen molar-refractivity contribution in [2.75, 3.05) is 6.54 Å². The molecule has 1 nitrogen and oxygen atoms in total. The third-order valence-corrected chi connectivity index (χ3v) is 4.97. The van der Waals surface area contributed by atoms with E-state index in [1.165, 1.54) is 57.1 Å². The Hall–Kier alpha value is -0.820. The molecule has 1 aliphatic heterocycles. The van der Waals surface area contributed by atoms with Crippen LogP contribution in [0.1, 0.15) is 68.9 Å². The number of benzene rings is 1. The van der Waals surface area contributed by atoms with E-state index in [0.717, 1.165) is 5.92 Å². The molecule has 1 heteroatoms. The highest BCUT2D eigenvalue weighted by Crippen LogP contribution is 2.36. The van der Waals surface area contributed by atoms with Crippen LogP contribution in [0.2, 0.25) is 0 Å². The van der Waals surface area contributed by atoms with Crippen LogP contribution in [0.25, 0.3) is 0 Å². The first-order chi connectivity index (χ1) is 8.78. The van der Waals surface area contributed by atoms with E-state index in [2.05, 4.69) is 36.5 Å². The van der Waals surface area contributed by atoms with Crippen molar-refractivity contribution < 1.29 is 0 Å². The van der Waals surface area contributed by atoms with Gasteiger partial charge in [-0.25, -0.2) is 0 Å². The van der Waals surface area contributed by atoms with Gasteiger partial charge < -0.3 is 5.32 Å². The van der Waals surface area contributed by atoms with Gasteiger partial charge in [-0.1, -0.05) is 43.5 Å². The Balaban J connectivity index is 1.84. The summed E-state index contributed by atoms with van der Waals surface area (Å²) in [5.41, 5.74) is 3.32. The second kappa shape index (κ2) is 5.05. The van der Waals surface area contributed by atoms with Gasteiger partial charge in [0.15, 0.2) is 0 Å². The fourth-order valence-corrected chi connectivity index (χ4v) is 3.71. The summed E-state index contributed by atoms with van der Waals surface area (Å²) in [7, 11) is 0. The van der Waals surface area contributed by atoms with E-state index in [4.69, 9.17) is 0 Å². The average Bonchev–Trinajstić information content (AvgIpc) is 2.88. The Morgan fingerprint density at radius 3 is 2.67 bits per heavy atom. The maximum absolute atomic E-state index is 3.68. The molecule has 1 aliphatic carbocycles. The van der Waals surface area contributed by atoms with Crippen LogP contribution in [0.3, 0.4) is 0 Å². The number of hydrogen-bond acceptors (Lipinski definition) is 1. The molecule has 0 radical (unpaired) electrons. The first-order valence-electron chi connectivity index (χ1n) is 7.63. The normalized spacial score (nSPS) is 29.6. The molecule has 1 unspecified atom stereocenters. The Morgan fingerprint density at radius 2 is 1.94 bits per heavy atom. The monoisotopic (exact) mass is 243 g/mol. The lowest BCUT2D eigenvalue weighted by Gasteiger charge is -2.28. The van der Waals surface area contributed by atoms with Crippen LogP contribution in [0.15, 0.2) is 24.3 Å². The Morgan fingerprint density at radius 1 is 1.11 bits per heavy atom. The van der Waals surface area contributed by atoms with Crippen LogP contribution >= 0.6 is 0 Å². The van der Waals surface area contributed by atoms with E-state index >= 15 is 0 Å². The Kier molecular flexibility index (Phi) is 3.43. The molecule has 1 atom stereocenters. The summed E-state index contributed by atoms with van der Waals surface area (Å²) < 4.78 is 0. The second-order valence-corrected chi connectivity index (χ2v) is 6.32. The predicted octanol–water partition coefficient (Wildman–Crippen LogP) is 4.33. The minimum absolute atomic E-state index is 0.227. The lowest BCUT2D eigenvalue weighted by atomic mass is 9.81. The van der Waals surface area contributed by atoms with Gasteiger partial charge in [-0.05, 0) is 56.2 Å². The maximum Gasteiger partial charge on any atom is 0.0406 e. The summed E-state index contributed by atoms with van der Waals surface area (Å²) in [5, 5.41) is 3.68. The molecule has 1 N–H and O–H groups in total. The van der Waals surface area contributed by atoms with E-state index in [9.17, 15) is 0 Å². The summed E-state index contributed by atoms with van der Waals surface area (Å²) in [6.07, 6.45) is 9.66. The molecule has 1 aromatic carbocycles. The van der Waals surface area contributed by atoms with Crippen LogP contribution in [0.5, 0.6) is 0 Å². The van der Waals surface area contributed by atoms with Crippen molar-refractivity contribution in [2.45, 2.75) is 63.3 Å². The summed E-state index contributed by atoms with van der Waals surface area (Å²) in [4.78, 5) is 0. The van der Waals surface area contributed by atoms with Gasteiger partial charge in [0, 0.05) is 5.54 Å². The molecule has 98 valence electrons. The molecule has 0 bridgehead atoms. The van der Waals surface area contributed by atoms with Gasteiger partial charge in [0.2, 0.25) is 0 Å². The first kappa shape index (κ1) is 12.2. The van der Waals surface area contributed by atoms with Crippen molar-refractivity contribution in [2.24, 2.45) is 0 Å². The second-order valence-electron chi connectivity index (χ2n) is 6.32. The summed E-state index contributed by atoms with van der Waals surface area (Å²) in [5.74, 6) is 0.823. The Labute approximate surface area is 111 Å². The van der Waals surface area contributed by atoms with Crippen LogP contribution in [0.4, 0.5) is 0 Å². The molecular formula is C17H25N. The summed E-state index contributed by atoms with van der Waals surface area (Å²) in [6.45, 7) is 3.53. The molecule has 18 heavy (non-hydrogen) atoms. The molecule has 1 heterocycles. The van der Waals surface area contributed by atoms with Crippen LogP contribution < -0.4 is 5.32 Å². The molecule has 0 spiro atoms. The fraction of sp³-hybridized carbons (Fsp3) is 0.647. The Bertz CT molecular complexity index is 398. The molecule has 1 saturated carbocycles. The number of hydrogen-bond donors (Lipinski definition) is 1. The highest BCUT2D eigenvalue weighted by Gasteiger charge is 2.30. The zero-order valence-corrected chi connectivity index (χ0v) is 11.5. The summed E-state index contributed by atoms with van der Waals surface area (Å²) in [6, 6.07) is 9.40. The number of nitrogens with one attached hydrogen (secondary N) is 1. The maximum atomic E-state index is 3.68. The molecule has 2 aliphatic rings. The SMILES string of the molecule is CC1(c2cccc(C3CCCCC3)c2)CCCN1. The van der Waals surface area contributed by atoms with Gasteiger partial charge >= 0.3 is 0 Å². The van der Waals surface area contributed by atoms with Crippen LogP contribution in [0, 0.1) is 0 Å².